The van der Waals surface area contributed by atoms with Crippen molar-refractivity contribution in [3.05, 3.63) is 59.4 Å². The van der Waals surface area contributed by atoms with Crippen molar-refractivity contribution in [2.24, 2.45) is 0 Å². The number of hydrogen-bond acceptors (Lipinski definition) is 3. The van der Waals surface area contributed by atoms with Crippen molar-refractivity contribution >= 4 is 5.69 Å². The largest absolute Gasteiger partial charge is 0.390 e. The SMILES string of the molecule is Cc1ccccc1CN(C)c1ccnc(CO)c1. The molecule has 2 rings (SSSR count). The van der Waals surface area contributed by atoms with E-state index in [-0.39, 0.29) is 6.61 Å². The van der Waals surface area contributed by atoms with Crippen LogP contribution in [0.2, 0.25) is 0 Å². The molecule has 0 fully saturated rings. The Balaban J connectivity index is 2.16. The van der Waals surface area contributed by atoms with Gasteiger partial charge in [-0.1, -0.05) is 24.3 Å². The van der Waals surface area contributed by atoms with E-state index in [9.17, 15) is 0 Å². The average molecular weight is 242 g/mol. The zero-order valence-electron chi connectivity index (χ0n) is 10.8. The first-order valence-electron chi connectivity index (χ1n) is 6.02. The van der Waals surface area contributed by atoms with E-state index in [1.165, 1.54) is 11.1 Å². The molecule has 0 saturated heterocycles. The van der Waals surface area contributed by atoms with Gasteiger partial charge in [-0.25, -0.2) is 0 Å². The Morgan fingerprint density at radius 2 is 2.00 bits per heavy atom. The third-order valence-electron chi connectivity index (χ3n) is 3.07. The van der Waals surface area contributed by atoms with E-state index >= 15 is 0 Å². The molecule has 1 heterocycles. The van der Waals surface area contributed by atoms with Gasteiger partial charge >= 0.3 is 0 Å². The molecule has 0 bridgehead atoms. The second kappa shape index (κ2) is 5.65. The Bertz CT molecular complexity index is 525. The van der Waals surface area contributed by atoms with Crippen molar-refractivity contribution in [2.75, 3.05) is 11.9 Å². The molecule has 1 N–H and O–H groups in total. The van der Waals surface area contributed by atoms with Gasteiger partial charge in [0.1, 0.15) is 0 Å². The van der Waals surface area contributed by atoms with Gasteiger partial charge in [0.2, 0.25) is 0 Å². The fourth-order valence-corrected chi connectivity index (χ4v) is 1.92. The van der Waals surface area contributed by atoms with Gasteiger partial charge < -0.3 is 10.0 Å². The van der Waals surface area contributed by atoms with Gasteiger partial charge in [-0.15, -0.1) is 0 Å². The number of aliphatic hydroxyl groups is 1. The van der Waals surface area contributed by atoms with E-state index in [0.29, 0.717) is 5.69 Å². The molecule has 94 valence electrons. The smallest absolute Gasteiger partial charge is 0.0853 e. The molecule has 1 aromatic heterocycles. The van der Waals surface area contributed by atoms with Gasteiger partial charge in [0.05, 0.1) is 12.3 Å². The highest BCUT2D eigenvalue weighted by Crippen LogP contribution is 2.17. The van der Waals surface area contributed by atoms with Gasteiger partial charge in [-0.3, -0.25) is 4.98 Å². The Kier molecular flexibility index (Phi) is 3.95. The van der Waals surface area contributed by atoms with Crippen LogP contribution < -0.4 is 4.90 Å². The Hall–Kier alpha value is -1.87. The predicted octanol–water partition coefficient (Wildman–Crippen LogP) is 2.52. The quantitative estimate of drug-likeness (QED) is 0.895. The highest BCUT2D eigenvalue weighted by Gasteiger charge is 2.05. The fourth-order valence-electron chi connectivity index (χ4n) is 1.92. The van der Waals surface area contributed by atoms with E-state index in [1.54, 1.807) is 6.20 Å². The van der Waals surface area contributed by atoms with Crippen LogP contribution in [0.5, 0.6) is 0 Å². The number of anilines is 1. The molecular formula is C15H18N2O. The highest BCUT2D eigenvalue weighted by atomic mass is 16.3. The number of aliphatic hydroxyl groups excluding tert-OH is 1. The number of rotatable bonds is 4. The van der Waals surface area contributed by atoms with Gasteiger partial charge in [0, 0.05) is 25.5 Å². The first-order valence-corrected chi connectivity index (χ1v) is 6.02. The minimum absolute atomic E-state index is 0.0218. The van der Waals surface area contributed by atoms with Crippen molar-refractivity contribution in [3.63, 3.8) is 0 Å². The molecule has 0 saturated carbocycles. The Morgan fingerprint density at radius 3 is 2.72 bits per heavy atom. The summed E-state index contributed by atoms with van der Waals surface area (Å²) in [6.45, 7) is 2.95. The predicted molar refractivity (Wildman–Crippen MR) is 73.4 cm³/mol. The second-order valence-electron chi connectivity index (χ2n) is 4.45. The van der Waals surface area contributed by atoms with Crippen LogP contribution in [0.25, 0.3) is 0 Å². The normalized spacial score (nSPS) is 10.4. The van der Waals surface area contributed by atoms with Crippen LogP contribution in [0.3, 0.4) is 0 Å². The molecule has 2 aromatic rings. The number of pyridine rings is 1. The molecular weight excluding hydrogens is 224 g/mol. The first kappa shape index (κ1) is 12.6. The van der Waals surface area contributed by atoms with Crippen molar-refractivity contribution in [1.29, 1.82) is 0 Å². The van der Waals surface area contributed by atoms with Crippen LogP contribution in [-0.2, 0) is 13.2 Å². The summed E-state index contributed by atoms with van der Waals surface area (Å²) in [5, 5.41) is 9.10. The van der Waals surface area contributed by atoms with E-state index in [0.717, 1.165) is 12.2 Å². The minimum Gasteiger partial charge on any atom is -0.390 e. The second-order valence-corrected chi connectivity index (χ2v) is 4.45. The molecule has 3 heteroatoms. The van der Waals surface area contributed by atoms with Crippen LogP contribution in [-0.4, -0.2) is 17.1 Å². The van der Waals surface area contributed by atoms with Gasteiger partial charge in [0.25, 0.3) is 0 Å². The third kappa shape index (κ3) is 2.87. The minimum atomic E-state index is -0.0218. The number of aromatic nitrogens is 1. The molecule has 0 amide bonds. The standard InChI is InChI=1S/C15H18N2O/c1-12-5-3-4-6-13(12)10-17(2)15-7-8-16-14(9-15)11-18/h3-9,18H,10-11H2,1-2H3. The maximum Gasteiger partial charge on any atom is 0.0853 e. The van der Waals surface area contributed by atoms with E-state index in [1.807, 2.05) is 19.2 Å². The number of hydrogen-bond donors (Lipinski definition) is 1. The van der Waals surface area contributed by atoms with Crippen molar-refractivity contribution < 1.29 is 5.11 Å². The molecule has 0 aliphatic heterocycles. The van der Waals surface area contributed by atoms with Crippen LogP contribution in [0.15, 0.2) is 42.6 Å². The summed E-state index contributed by atoms with van der Waals surface area (Å²) in [7, 11) is 2.04. The lowest BCUT2D eigenvalue weighted by Crippen LogP contribution is -2.17. The van der Waals surface area contributed by atoms with Crippen LogP contribution in [0.1, 0.15) is 16.8 Å². The summed E-state index contributed by atoms with van der Waals surface area (Å²) in [5.41, 5.74) is 4.37. The molecule has 0 aliphatic rings. The molecule has 3 nitrogen and oxygen atoms in total. The highest BCUT2D eigenvalue weighted by molar-refractivity contribution is 5.46. The summed E-state index contributed by atoms with van der Waals surface area (Å²) >= 11 is 0. The topological polar surface area (TPSA) is 36.4 Å². The van der Waals surface area contributed by atoms with Gasteiger partial charge in [0.15, 0.2) is 0 Å². The van der Waals surface area contributed by atoms with Crippen molar-refractivity contribution in [3.8, 4) is 0 Å². The van der Waals surface area contributed by atoms with Crippen molar-refractivity contribution in [2.45, 2.75) is 20.1 Å². The lowest BCUT2D eigenvalue weighted by Gasteiger charge is -2.20. The lowest BCUT2D eigenvalue weighted by atomic mass is 10.1. The lowest BCUT2D eigenvalue weighted by molar-refractivity contribution is 0.277. The summed E-state index contributed by atoms with van der Waals surface area (Å²) in [6.07, 6.45) is 1.73. The van der Waals surface area contributed by atoms with E-state index in [4.69, 9.17) is 5.11 Å². The summed E-state index contributed by atoms with van der Waals surface area (Å²) in [5.74, 6) is 0. The van der Waals surface area contributed by atoms with E-state index in [2.05, 4.69) is 41.1 Å². The zero-order chi connectivity index (χ0) is 13.0. The van der Waals surface area contributed by atoms with Crippen molar-refractivity contribution in [1.82, 2.24) is 4.98 Å². The number of benzene rings is 1. The molecule has 0 spiro atoms. The van der Waals surface area contributed by atoms with Crippen LogP contribution in [0.4, 0.5) is 5.69 Å². The summed E-state index contributed by atoms with van der Waals surface area (Å²) < 4.78 is 0. The molecule has 18 heavy (non-hydrogen) atoms. The first-order chi connectivity index (χ1) is 8.70. The fraction of sp³-hybridized carbons (Fsp3) is 0.267. The average Bonchev–Trinajstić information content (AvgIpc) is 2.41. The Labute approximate surface area is 108 Å². The molecule has 0 unspecified atom stereocenters. The van der Waals surface area contributed by atoms with E-state index < -0.39 is 0 Å². The van der Waals surface area contributed by atoms with Gasteiger partial charge in [-0.05, 0) is 30.2 Å². The Morgan fingerprint density at radius 1 is 1.22 bits per heavy atom. The molecule has 1 aromatic carbocycles. The third-order valence-corrected chi connectivity index (χ3v) is 3.07. The maximum absolute atomic E-state index is 9.10. The summed E-state index contributed by atoms with van der Waals surface area (Å²) in [6, 6.07) is 12.2. The monoisotopic (exact) mass is 242 g/mol. The van der Waals surface area contributed by atoms with Crippen LogP contribution >= 0.6 is 0 Å². The number of aryl methyl sites for hydroxylation is 1. The van der Waals surface area contributed by atoms with Gasteiger partial charge in [-0.2, -0.15) is 0 Å². The zero-order valence-corrected chi connectivity index (χ0v) is 10.8. The van der Waals surface area contributed by atoms with Crippen LogP contribution in [0, 0.1) is 6.92 Å². The molecule has 0 radical (unpaired) electrons. The maximum atomic E-state index is 9.10. The molecule has 0 atom stereocenters. The number of nitrogens with zero attached hydrogens (tertiary/aromatic N) is 2. The molecule has 0 aliphatic carbocycles. The summed E-state index contributed by atoms with van der Waals surface area (Å²) in [4.78, 5) is 6.24.